The first-order valence-electron chi connectivity index (χ1n) is 9.58. The maximum atomic E-state index is 12.5. The number of nitrogens with zero attached hydrogens (tertiary/aromatic N) is 2. The van der Waals surface area contributed by atoms with Crippen LogP contribution >= 0.6 is 0 Å². The zero-order valence-corrected chi connectivity index (χ0v) is 16.4. The Morgan fingerprint density at radius 2 is 1.96 bits per heavy atom. The lowest BCUT2D eigenvalue weighted by Crippen LogP contribution is -2.54. The van der Waals surface area contributed by atoms with E-state index in [1.54, 1.807) is 7.11 Å². The molecule has 2 saturated heterocycles. The number of methoxy groups -OCH3 is 1. The lowest BCUT2D eigenvalue weighted by molar-refractivity contribution is -0.130. The van der Waals surface area contributed by atoms with E-state index in [1.165, 1.54) is 0 Å². The number of hydrogen-bond acceptors (Lipinski definition) is 4. The molecular weight excluding hydrogens is 346 g/mol. The predicted octanol–water partition coefficient (Wildman–Crippen LogP) is 2.39. The van der Waals surface area contributed by atoms with Crippen LogP contribution in [0.1, 0.15) is 38.2 Å². The zero-order chi connectivity index (χ0) is 19.4. The predicted molar refractivity (Wildman–Crippen MR) is 102 cm³/mol. The van der Waals surface area contributed by atoms with Gasteiger partial charge in [-0.2, -0.15) is 0 Å². The number of benzene rings is 1. The van der Waals surface area contributed by atoms with Crippen LogP contribution in [0.3, 0.4) is 0 Å². The number of likely N-dealkylation sites (tertiary alicyclic amines) is 2. The summed E-state index contributed by atoms with van der Waals surface area (Å²) in [6.07, 6.45) is 3.23. The van der Waals surface area contributed by atoms with E-state index in [4.69, 9.17) is 9.47 Å². The topological polar surface area (TPSA) is 71.1 Å². The molecule has 2 aliphatic rings. The van der Waals surface area contributed by atoms with Gasteiger partial charge in [0.25, 0.3) is 0 Å². The third kappa shape index (κ3) is 3.96. The lowest BCUT2D eigenvalue weighted by Gasteiger charge is -2.43. The van der Waals surface area contributed by atoms with Crippen molar-refractivity contribution in [2.24, 2.45) is 0 Å². The van der Waals surface area contributed by atoms with Gasteiger partial charge in [-0.15, -0.1) is 0 Å². The highest BCUT2D eigenvalue weighted by atomic mass is 16.5. The number of carbonyl (C=O) groups is 2. The molecule has 1 N–H and O–H groups in total. The fraction of sp³-hybridized carbons (Fsp3) is 0.600. The van der Waals surface area contributed by atoms with Crippen LogP contribution in [-0.4, -0.2) is 61.1 Å². The summed E-state index contributed by atoms with van der Waals surface area (Å²) in [5.74, 6) is 1.58. The molecule has 3 amide bonds. The molecule has 0 saturated carbocycles. The highest BCUT2D eigenvalue weighted by Gasteiger charge is 2.45. The minimum atomic E-state index is -0.0643. The highest BCUT2D eigenvalue weighted by molar-refractivity contribution is 5.79. The summed E-state index contributed by atoms with van der Waals surface area (Å²) >= 11 is 0. The quantitative estimate of drug-likeness (QED) is 0.858. The SMILES string of the molecule is CCOc1cc(CNC(=O)N2CCC3(CCC(=O)N3C)CC2)ccc1OC. The molecule has 2 aliphatic heterocycles. The number of rotatable bonds is 5. The molecule has 0 aromatic heterocycles. The largest absolute Gasteiger partial charge is 0.493 e. The van der Waals surface area contributed by atoms with Crippen LogP contribution in [0.2, 0.25) is 0 Å². The van der Waals surface area contributed by atoms with Gasteiger partial charge in [0.2, 0.25) is 5.91 Å². The molecule has 1 spiro atoms. The van der Waals surface area contributed by atoms with Crippen LogP contribution in [0.5, 0.6) is 11.5 Å². The van der Waals surface area contributed by atoms with Crippen LogP contribution in [0.4, 0.5) is 4.79 Å². The summed E-state index contributed by atoms with van der Waals surface area (Å²) in [4.78, 5) is 28.1. The fourth-order valence-corrected chi connectivity index (χ4v) is 4.04. The second-order valence-electron chi connectivity index (χ2n) is 7.24. The van der Waals surface area contributed by atoms with Crippen molar-refractivity contribution in [3.05, 3.63) is 23.8 Å². The second kappa shape index (κ2) is 8.06. The van der Waals surface area contributed by atoms with Crippen LogP contribution < -0.4 is 14.8 Å². The number of amides is 3. The van der Waals surface area contributed by atoms with Crippen molar-refractivity contribution in [1.82, 2.24) is 15.1 Å². The maximum Gasteiger partial charge on any atom is 0.317 e. The van der Waals surface area contributed by atoms with Gasteiger partial charge in [-0.3, -0.25) is 4.79 Å². The number of hydrogen-bond donors (Lipinski definition) is 1. The summed E-state index contributed by atoms with van der Waals surface area (Å²) in [6, 6.07) is 5.61. The van der Waals surface area contributed by atoms with Gasteiger partial charge in [-0.1, -0.05) is 6.07 Å². The Kier molecular flexibility index (Phi) is 5.77. The Labute approximate surface area is 160 Å². The van der Waals surface area contributed by atoms with Crippen LogP contribution in [0.25, 0.3) is 0 Å². The second-order valence-corrected chi connectivity index (χ2v) is 7.24. The summed E-state index contributed by atoms with van der Waals surface area (Å²) < 4.78 is 10.9. The first-order chi connectivity index (χ1) is 13.0. The summed E-state index contributed by atoms with van der Waals surface area (Å²) in [6.45, 7) is 4.26. The molecule has 7 nitrogen and oxygen atoms in total. The Morgan fingerprint density at radius 3 is 2.56 bits per heavy atom. The van der Waals surface area contributed by atoms with Crippen molar-refractivity contribution < 1.29 is 19.1 Å². The minimum Gasteiger partial charge on any atom is -0.493 e. The number of urea groups is 1. The van der Waals surface area contributed by atoms with Gasteiger partial charge in [0, 0.05) is 38.6 Å². The molecular formula is C20H29N3O4. The normalized spacial score (nSPS) is 18.7. The van der Waals surface area contributed by atoms with E-state index in [2.05, 4.69) is 5.32 Å². The lowest BCUT2D eigenvalue weighted by atomic mass is 9.85. The van der Waals surface area contributed by atoms with E-state index in [9.17, 15) is 9.59 Å². The third-order valence-corrected chi connectivity index (χ3v) is 5.84. The summed E-state index contributed by atoms with van der Waals surface area (Å²) in [5, 5.41) is 2.98. The van der Waals surface area contributed by atoms with E-state index in [-0.39, 0.29) is 17.5 Å². The Balaban J connectivity index is 1.53. The van der Waals surface area contributed by atoms with E-state index >= 15 is 0 Å². The molecule has 2 heterocycles. The van der Waals surface area contributed by atoms with Crippen molar-refractivity contribution >= 4 is 11.9 Å². The molecule has 0 unspecified atom stereocenters. The molecule has 3 rings (SSSR count). The number of piperidine rings is 1. The first kappa shape index (κ1) is 19.3. The van der Waals surface area contributed by atoms with E-state index in [1.807, 2.05) is 42.0 Å². The van der Waals surface area contributed by atoms with Crippen molar-refractivity contribution in [3.63, 3.8) is 0 Å². The smallest absolute Gasteiger partial charge is 0.317 e. The Bertz CT molecular complexity index is 698. The molecule has 0 atom stereocenters. The summed E-state index contributed by atoms with van der Waals surface area (Å²) in [5.41, 5.74) is 0.915. The molecule has 7 heteroatoms. The number of carbonyl (C=O) groups excluding carboxylic acids is 2. The molecule has 2 fully saturated rings. The van der Waals surface area contributed by atoms with Gasteiger partial charge in [0.05, 0.1) is 13.7 Å². The monoisotopic (exact) mass is 375 g/mol. The van der Waals surface area contributed by atoms with E-state index in [0.717, 1.165) is 24.8 Å². The maximum absolute atomic E-state index is 12.5. The third-order valence-electron chi connectivity index (χ3n) is 5.84. The fourth-order valence-electron chi connectivity index (χ4n) is 4.04. The first-order valence-corrected chi connectivity index (χ1v) is 9.58. The molecule has 1 aromatic carbocycles. The number of ether oxygens (including phenoxy) is 2. The highest BCUT2D eigenvalue weighted by Crippen LogP contribution is 2.37. The van der Waals surface area contributed by atoms with Gasteiger partial charge in [0.15, 0.2) is 11.5 Å². The zero-order valence-electron chi connectivity index (χ0n) is 16.4. The van der Waals surface area contributed by atoms with Gasteiger partial charge in [0.1, 0.15) is 0 Å². The molecule has 148 valence electrons. The van der Waals surface area contributed by atoms with Crippen LogP contribution in [-0.2, 0) is 11.3 Å². The molecule has 0 radical (unpaired) electrons. The van der Waals surface area contributed by atoms with Gasteiger partial charge in [-0.25, -0.2) is 4.79 Å². The average molecular weight is 375 g/mol. The van der Waals surface area contributed by atoms with Crippen LogP contribution in [0.15, 0.2) is 18.2 Å². The van der Waals surface area contributed by atoms with Gasteiger partial charge < -0.3 is 24.6 Å². The summed E-state index contributed by atoms with van der Waals surface area (Å²) in [7, 11) is 3.50. The number of nitrogens with one attached hydrogen (secondary N) is 1. The Morgan fingerprint density at radius 1 is 1.22 bits per heavy atom. The van der Waals surface area contributed by atoms with Crippen molar-refractivity contribution in [1.29, 1.82) is 0 Å². The molecule has 0 bridgehead atoms. The van der Waals surface area contributed by atoms with Crippen molar-refractivity contribution in [2.45, 2.75) is 44.7 Å². The minimum absolute atomic E-state index is 0.0454. The molecule has 27 heavy (non-hydrogen) atoms. The average Bonchev–Trinajstić information content (AvgIpc) is 2.96. The molecule has 1 aromatic rings. The van der Waals surface area contributed by atoms with Gasteiger partial charge >= 0.3 is 6.03 Å². The van der Waals surface area contributed by atoms with Crippen molar-refractivity contribution in [2.75, 3.05) is 33.9 Å². The van der Waals surface area contributed by atoms with Gasteiger partial charge in [-0.05, 0) is 43.9 Å². The molecule has 0 aliphatic carbocycles. The van der Waals surface area contributed by atoms with E-state index < -0.39 is 0 Å². The van der Waals surface area contributed by atoms with Crippen molar-refractivity contribution in [3.8, 4) is 11.5 Å². The van der Waals surface area contributed by atoms with E-state index in [0.29, 0.717) is 44.2 Å². The standard InChI is InChI=1S/C20H29N3O4/c1-4-27-17-13-15(5-6-16(17)26-3)14-21-19(25)23-11-9-20(10-12-23)8-7-18(24)22(20)2/h5-6,13H,4,7-12,14H2,1-3H3,(H,21,25). The van der Waals surface area contributed by atoms with Crippen LogP contribution in [0, 0.1) is 0 Å². The Hall–Kier alpha value is -2.44.